The van der Waals surface area contributed by atoms with Gasteiger partial charge >= 0.3 is 5.97 Å². The number of pyridine rings is 2. The number of esters is 1. The van der Waals surface area contributed by atoms with Crippen LogP contribution in [0.25, 0.3) is 22.3 Å². The topological polar surface area (TPSA) is 341 Å². The van der Waals surface area contributed by atoms with Crippen molar-refractivity contribution in [3.8, 4) is 11.4 Å². The Bertz CT molecular complexity index is 3460. The Morgan fingerprint density at radius 3 is 2.24 bits per heavy atom. The van der Waals surface area contributed by atoms with Crippen molar-refractivity contribution in [1.29, 1.82) is 0 Å². The first kappa shape index (κ1) is 66.5. The molecule has 1 fully saturated rings. The molecule has 2 aromatic heterocycles. The summed E-state index contributed by atoms with van der Waals surface area (Å²) < 4.78 is 33.0. The first-order valence-corrected chi connectivity index (χ1v) is 30.3. The lowest BCUT2D eigenvalue weighted by atomic mass is 9.76. The number of aryl methyl sites for hydroxylation is 2. The molecule has 5 heterocycles. The molecule has 9 amide bonds. The number of nitrogens with one attached hydrogen (secondary N) is 7. The number of halogens is 1. The van der Waals surface area contributed by atoms with Crippen LogP contribution in [0.4, 0.5) is 4.39 Å². The second-order valence-electron chi connectivity index (χ2n) is 23.4. The molecule has 4 aliphatic rings. The number of hydrogen-bond donors (Lipinski definition) is 8. The van der Waals surface area contributed by atoms with Crippen LogP contribution >= 0.6 is 0 Å². The first-order valence-electron chi connectivity index (χ1n) is 30.3. The van der Waals surface area contributed by atoms with Crippen molar-refractivity contribution >= 4 is 70.0 Å². The number of imide groups is 1. The summed E-state index contributed by atoms with van der Waals surface area (Å²) in [6, 6.07) is 10.5. The molecule has 0 spiro atoms. The summed E-state index contributed by atoms with van der Waals surface area (Å²) in [6.07, 6.45) is 2.37. The van der Waals surface area contributed by atoms with Crippen molar-refractivity contribution in [1.82, 2.24) is 51.7 Å². The van der Waals surface area contributed by atoms with Crippen molar-refractivity contribution in [3.63, 3.8) is 0 Å². The highest BCUT2D eigenvalue weighted by molar-refractivity contribution is 6.04. The smallest absolute Gasteiger partial charge is 0.343 e. The first-order chi connectivity index (χ1) is 42.5. The predicted octanol–water partition coefficient (Wildman–Crippen LogP) is 1.73. The van der Waals surface area contributed by atoms with Crippen LogP contribution in [-0.4, -0.2) is 150 Å². The van der Waals surface area contributed by atoms with Crippen LogP contribution in [0.3, 0.4) is 0 Å². The molecule has 3 aliphatic heterocycles. The molecule has 26 heteroatoms. The summed E-state index contributed by atoms with van der Waals surface area (Å²) >= 11 is 0. The lowest BCUT2D eigenvalue weighted by Crippen LogP contribution is -2.51. The molecule has 1 aliphatic carbocycles. The number of ether oxygens (including phenoxy) is 3. The maximum absolute atomic E-state index is 15.4. The molecule has 0 radical (unpaired) electrons. The van der Waals surface area contributed by atoms with E-state index in [-0.39, 0.29) is 144 Å². The minimum Gasteiger partial charge on any atom is -0.458 e. The number of nitrogens with zero attached hydrogens (tertiary/aromatic N) is 3. The number of aromatic nitrogens is 2. The highest BCUT2D eigenvalue weighted by atomic mass is 19.1. The normalized spacial score (nSPS) is 17.7. The van der Waals surface area contributed by atoms with E-state index in [1.54, 1.807) is 19.9 Å². The van der Waals surface area contributed by atoms with Crippen molar-refractivity contribution in [2.24, 2.45) is 11.3 Å². The number of rotatable bonds is 31. The zero-order chi connectivity index (χ0) is 64.2. The summed E-state index contributed by atoms with van der Waals surface area (Å²) in [5, 5.41) is 30.6. The van der Waals surface area contributed by atoms with Crippen LogP contribution in [0.2, 0.25) is 0 Å². The SMILES string of the molecule is CCC(C)(C)C1CC(=O)N(CCC(=O)NCCOCCOCCC(=O)NCC(=O)NCC(=O)N[C@@H](CCc2ccccc2)C(=O)NCC(=O)NCCCC(=O)N[C@H]2CCc3c(C)c(F)cc4nc5c(c2c34)Cn2c-5cc3c(c2=O)COC(=O)[C@]3(O)CC)C1=O. The van der Waals surface area contributed by atoms with Gasteiger partial charge in [0.1, 0.15) is 18.5 Å². The average Bonchev–Trinajstić information content (AvgIpc) is 1.65. The molecule has 89 heavy (non-hydrogen) atoms. The maximum atomic E-state index is 15.4. The van der Waals surface area contributed by atoms with E-state index >= 15 is 4.39 Å². The molecule has 4 aromatic rings. The van der Waals surface area contributed by atoms with Gasteiger partial charge in [0.25, 0.3) is 5.56 Å². The van der Waals surface area contributed by atoms with Gasteiger partial charge < -0.3 is 61.1 Å². The molecule has 2 aromatic carbocycles. The Morgan fingerprint density at radius 1 is 0.809 bits per heavy atom. The summed E-state index contributed by atoms with van der Waals surface area (Å²) in [7, 11) is 0. The fourth-order valence-electron chi connectivity index (χ4n) is 11.6. The van der Waals surface area contributed by atoms with Gasteiger partial charge in [0.15, 0.2) is 5.60 Å². The second-order valence-corrected chi connectivity index (χ2v) is 23.4. The third-order valence-electron chi connectivity index (χ3n) is 17.2. The molecule has 4 atom stereocenters. The van der Waals surface area contributed by atoms with Crippen LogP contribution in [0, 0.1) is 24.1 Å². The van der Waals surface area contributed by atoms with Crippen LogP contribution < -0.4 is 42.8 Å². The number of fused-ring (bicyclic) bond motifs is 5. The Hall–Kier alpha value is -8.49. The molecule has 1 unspecified atom stereocenters. The molecule has 1 saturated heterocycles. The molecule has 478 valence electrons. The van der Waals surface area contributed by atoms with Gasteiger partial charge in [-0.15, -0.1) is 0 Å². The highest BCUT2D eigenvalue weighted by Gasteiger charge is 2.47. The number of carbonyl (C=O) groups excluding carboxylic acids is 10. The number of benzene rings is 2. The molecule has 0 bridgehead atoms. The maximum Gasteiger partial charge on any atom is 0.343 e. The zero-order valence-electron chi connectivity index (χ0n) is 50.9. The van der Waals surface area contributed by atoms with Crippen molar-refractivity contribution < 1.29 is 71.7 Å². The average molecular weight is 1240 g/mol. The Labute approximate surface area is 513 Å². The van der Waals surface area contributed by atoms with Gasteiger partial charge in [-0.3, -0.25) is 52.8 Å². The van der Waals surface area contributed by atoms with E-state index in [0.717, 1.165) is 17.5 Å². The Morgan fingerprint density at radius 2 is 1.49 bits per heavy atom. The van der Waals surface area contributed by atoms with Gasteiger partial charge in [0.2, 0.25) is 53.2 Å². The quantitative estimate of drug-likeness (QED) is 0.0178. The van der Waals surface area contributed by atoms with E-state index < -0.39 is 90.1 Å². The number of likely N-dealkylation sites (tertiary alicyclic amines) is 1. The van der Waals surface area contributed by atoms with Gasteiger partial charge in [-0.25, -0.2) is 14.2 Å². The van der Waals surface area contributed by atoms with Crippen molar-refractivity contribution in [2.75, 3.05) is 65.7 Å². The summed E-state index contributed by atoms with van der Waals surface area (Å²) in [4.78, 5) is 148. The third-order valence-corrected chi connectivity index (χ3v) is 17.2. The van der Waals surface area contributed by atoms with Crippen LogP contribution in [0.5, 0.6) is 0 Å². The minimum atomic E-state index is -2.05. The van der Waals surface area contributed by atoms with E-state index in [2.05, 4.69) is 37.2 Å². The molecular weight excluding hydrogens is 1160 g/mol. The Kier molecular flexibility index (Phi) is 22.2. The number of cyclic esters (lactones) is 1. The molecule has 25 nitrogen and oxygen atoms in total. The summed E-state index contributed by atoms with van der Waals surface area (Å²) in [5.41, 5.74) is 1.98. The lowest BCUT2D eigenvalue weighted by Gasteiger charge is -2.31. The Balaban J connectivity index is 0.723. The molecule has 8 N–H and O–H groups in total. The molecule has 8 rings (SSSR count). The number of hydrogen-bond acceptors (Lipinski definition) is 16. The number of amides is 9. The van der Waals surface area contributed by atoms with E-state index in [9.17, 15) is 57.8 Å². The van der Waals surface area contributed by atoms with Crippen molar-refractivity contribution in [2.45, 2.75) is 136 Å². The predicted molar refractivity (Wildman–Crippen MR) is 319 cm³/mol. The second kappa shape index (κ2) is 29.7. The number of carbonyl (C=O) groups is 10. The fraction of sp³-hybridized carbons (Fsp3) is 0.524. The summed E-state index contributed by atoms with van der Waals surface area (Å²) in [6.45, 7) is 8.39. The standard InChI is InChI=1S/C63H79FN10O15/c1-6-62(4,5)42-29-54(81)73(60(42)84)23-19-48(75)66-22-25-88-27-26-87-24-20-49(76)67-31-52(79)68-33-53(80)71-45(17-15-37-12-9-8-10-13-37)58(82)69-32-51(78)65-21-11-14-50(77)70-44-18-16-38-36(3)43(64)30-46-55(38)56(44)39-34-74-47(57(39)72-46)28-41-40(59(74)83)35-89-61(85)63(41,86)7-2/h8-10,12-13,28,30,42,44-45,86H,6-7,11,14-27,29,31-35H2,1-5H3,(H,65,78)(H,66,75)(H,67,76)(H,68,79)(H,69,82)(H,70,77)(H,71,80)/t42?,44-,45-,63-/m0/s1. The van der Waals surface area contributed by atoms with Crippen LogP contribution in [-0.2, 0) is 93.8 Å². The largest absolute Gasteiger partial charge is 0.458 e. The van der Waals surface area contributed by atoms with E-state index in [0.29, 0.717) is 58.2 Å². The monoisotopic (exact) mass is 1230 g/mol. The zero-order valence-corrected chi connectivity index (χ0v) is 50.9. The fourth-order valence-corrected chi connectivity index (χ4v) is 11.6. The molecular formula is C63H79FN10O15. The van der Waals surface area contributed by atoms with E-state index in [1.807, 2.05) is 51.1 Å². The lowest BCUT2D eigenvalue weighted by molar-refractivity contribution is -0.172. The van der Waals surface area contributed by atoms with Gasteiger partial charge in [0.05, 0.1) is 87.0 Å². The van der Waals surface area contributed by atoms with E-state index in [1.165, 1.54) is 15.5 Å². The summed E-state index contributed by atoms with van der Waals surface area (Å²) in [5.74, 6) is -5.93. The van der Waals surface area contributed by atoms with Crippen LogP contribution in [0.15, 0.2) is 47.3 Å². The van der Waals surface area contributed by atoms with Crippen molar-refractivity contribution in [3.05, 3.63) is 97.6 Å². The van der Waals surface area contributed by atoms with Gasteiger partial charge in [0, 0.05) is 67.9 Å². The van der Waals surface area contributed by atoms with Gasteiger partial charge in [-0.2, -0.15) is 0 Å². The van der Waals surface area contributed by atoms with Gasteiger partial charge in [-0.05, 0) is 79.2 Å². The van der Waals surface area contributed by atoms with Crippen LogP contribution in [0.1, 0.15) is 130 Å². The van der Waals surface area contributed by atoms with E-state index in [4.69, 9.17) is 19.2 Å². The third kappa shape index (κ3) is 15.9. The minimum absolute atomic E-state index is 0.000871. The molecule has 0 saturated carbocycles. The number of aliphatic hydroxyl groups is 1. The van der Waals surface area contributed by atoms with Gasteiger partial charge in [-0.1, -0.05) is 64.4 Å². The highest BCUT2D eigenvalue weighted by Crippen LogP contribution is 2.46.